The lowest BCUT2D eigenvalue weighted by molar-refractivity contribution is 0.0446. The lowest BCUT2D eigenvalue weighted by atomic mass is 10.1. The maximum absolute atomic E-state index is 3.37. The minimum Gasteiger partial charge on any atom is -0.314 e. The van der Waals surface area contributed by atoms with Crippen LogP contribution in [0.4, 0.5) is 0 Å². The molecule has 5 heteroatoms. The summed E-state index contributed by atoms with van der Waals surface area (Å²) in [6.45, 7) is 7.41. The molecular formula is C8H19Cl2N3. The fourth-order valence-corrected chi connectivity index (χ4v) is 1.94. The van der Waals surface area contributed by atoms with Crippen LogP contribution < -0.4 is 5.32 Å². The van der Waals surface area contributed by atoms with E-state index in [1.165, 1.54) is 39.3 Å². The molecule has 13 heavy (non-hydrogen) atoms. The van der Waals surface area contributed by atoms with Crippen molar-refractivity contribution in [1.82, 2.24) is 15.1 Å². The molecule has 2 aliphatic rings. The zero-order valence-electron chi connectivity index (χ0n) is 8.03. The van der Waals surface area contributed by atoms with Crippen LogP contribution in [0.2, 0.25) is 0 Å². The molecule has 0 atom stereocenters. The molecular weight excluding hydrogens is 209 g/mol. The second-order valence-corrected chi connectivity index (χ2v) is 3.66. The highest BCUT2D eigenvalue weighted by Gasteiger charge is 2.29. The maximum atomic E-state index is 3.37. The number of hydrogen-bond acceptors (Lipinski definition) is 3. The Labute approximate surface area is 92.7 Å². The summed E-state index contributed by atoms with van der Waals surface area (Å²) in [6.07, 6.45) is 0. The summed E-state index contributed by atoms with van der Waals surface area (Å²) < 4.78 is 0. The molecule has 0 spiro atoms. The SMILES string of the molecule is CN1CC(N2CCNCC2)C1.Cl.Cl. The van der Waals surface area contributed by atoms with Crippen LogP contribution in [0.1, 0.15) is 0 Å². The van der Waals surface area contributed by atoms with Gasteiger partial charge in [0.05, 0.1) is 0 Å². The highest BCUT2D eigenvalue weighted by molar-refractivity contribution is 5.85. The molecule has 2 heterocycles. The summed E-state index contributed by atoms with van der Waals surface area (Å²) in [5, 5.41) is 3.37. The van der Waals surface area contributed by atoms with E-state index in [4.69, 9.17) is 0 Å². The third kappa shape index (κ3) is 3.26. The van der Waals surface area contributed by atoms with Gasteiger partial charge in [-0.2, -0.15) is 0 Å². The molecule has 2 fully saturated rings. The van der Waals surface area contributed by atoms with E-state index in [-0.39, 0.29) is 24.8 Å². The van der Waals surface area contributed by atoms with Crippen molar-refractivity contribution in [3.8, 4) is 0 Å². The molecule has 1 N–H and O–H groups in total. The van der Waals surface area contributed by atoms with Crippen LogP contribution in [0.25, 0.3) is 0 Å². The smallest absolute Gasteiger partial charge is 0.0351 e. The monoisotopic (exact) mass is 227 g/mol. The predicted molar refractivity (Wildman–Crippen MR) is 60.2 cm³/mol. The molecule has 0 radical (unpaired) electrons. The van der Waals surface area contributed by atoms with Gasteiger partial charge in [0.15, 0.2) is 0 Å². The van der Waals surface area contributed by atoms with Crippen molar-refractivity contribution in [3.63, 3.8) is 0 Å². The Morgan fingerprint density at radius 2 is 1.62 bits per heavy atom. The Hall–Kier alpha value is 0.460. The van der Waals surface area contributed by atoms with Crippen molar-refractivity contribution >= 4 is 24.8 Å². The number of piperazine rings is 1. The summed E-state index contributed by atoms with van der Waals surface area (Å²) in [7, 11) is 2.19. The molecule has 0 bridgehead atoms. The molecule has 0 aromatic rings. The molecule has 0 aromatic heterocycles. The van der Waals surface area contributed by atoms with Gasteiger partial charge in [-0.15, -0.1) is 24.8 Å². The number of nitrogens with one attached hydrogen (secondary N) is 1. The Balaban J connectivity index is 0.000000720. The molecule has 0 unspecified atom stereocenters. The van der Waals surface area contributed by atoms with Crippen molar-refractivity contribution in [2.75, 3.05) is 46.3 Å². The van der Waals surface area contributed by atoms with Crippen LogP contribution in [0.5, 0.6) is 0 Å². The Morgan fingerprint density at radius 3 is 2.08 bits per heavy atom. The summed E-state index contributed by atoms with van der Waals surface area (Å²) in [5.41, 5.74) is 0. The van der Waals surface area contributed by atoms with Gasteiger partial charge in [0.25, 0.3) is 0 Å². The van der Waals surface area contributed by atoms with Gasteiger partial charge in [-0.1, -0.05) is 0 Å². The van der Waals surface area contributed by atoms with Crippen LogP contribution in [0, 0.1) is 0 Å². The Bertz CT molecular complexity index is 133. The summed E-state index contributed by atoms with van der Waals surface area (Å²) in [5.74, 6) is 0. The predicted octanol–water partition coefficient (Wildman–Crippen LogP) is 0.0492. The fraction of sp³-hybridized carbons (Fsp3) is 1.00. The van der Waals surface area contributed by atoms with E-state index in [0.29, 0.717) is 0 Å². The summed E-state index contributed by atoms with van der Waals surface area (Å²) >= 11 is 0. The van der Waals surface area contributed by atoms with Gasteiger partial charge in [-0.3, -0.25) is 4.90 Å². The van der Waals surface area contributed by atoms with Gasteiger partial charge in [-0.05, 0) is 7.05 Å². The molecule has 0 aromatic carbocycles. The number of likely N-dealkylation sites (N-methyl/N-ethyl adjacent to an activating group) is 1. The average molecular weight is 228 g/mol. The Kier molecular flexibility index (Phi) is 6.25. The zero-order chi connectivity index (χ0) is 7.68. The highest BCUT2D eigenvalue weighted by atomic mass is 35.5. The standard InChI is InChI=1S/C8H17N3.2ClH/c1-10-6-8(7-10)11-4-2-9-3-5-11;;/h8-9H,2-7H2,1H3;2*1H. The van der Waals surface area contributed by atoms with Gasteiger partial charge in [0, 0.05) is 45.3 Å². The molecule has 2 saturated heterocycles. The molecule has 2 rings (SSSR count). The number of hydrogen-bond donors (Lipinski definition) is 1. The van der Waals surface area contributed by atoms with Crippen LogP contribution in [-0.4, -0.2) is 62.2 Å². The first-order chi connectivity index (χ1) is 5.36. The lowest BCUT2D eigenvalue weighted by Crippen LogP contribution is -2.61. The van der Waals surface area contributed by atoms with E-state index in [9.17, 15) is 0 Å². The summed E-state index contributed by atoms with van der Waals surface area (Å²) in [6, 6.07) is 0.863. The first-order valence-electron chi connectivity index (χ1n) is 4.49. The maximum Gasteiger partial charge on any atom is 0.0351 e. The van der Waals surface area contributed by atoms with Crippen molar-refractivity contribution in [2.45, 2.75) is 6.04 Å². The van der Waals surface area contributed by atoms with Crippen molar-refractivity contribution in [3.05, 3.63) is 0 Å². The third-order valence-electron chi connectivity index (χ3n) is 2.71. The minimum absolute atomic E-state index is 0. The highest BCUT2D eigenvalue weighted by Crippen LogP contribution is 2.12. The van der Waals surface area contributed by atoms with Gasteiger partial charge >= 0.3 is 0 Å². The van der Waals surface area contributed by atoms with Crippen molar-refractivity contribution < 1.29 is 0 Å². The van der Waals surface area contributed by atoms with Crippen LogP contribution in [-0.2, 0) is 0 Å². The minimum atomic E-state index is 0. The number of halogens is 2. The average Bonchev–Trinajstić information content (AvgIpc) is 2.01. The molecule has 0 aliphatic carbocycles. The Morgan fingerprint density at radius 1 is 1.08 bits per heavy atom. The van der Waals surface area contributed by atoms with E-state index < -0.39 is 0 Å². The van der Waals surface area contributed by atoms with Gasteiger partial charge in [-0.25, -0.2) is 0 Å². The lowest BCUT2D eigenvalue weighted by Gasteiger charge is -2.45. The molecule has 2 aliphatic heterocycles. The van der Waals surface area contributed by atoms with Crippen molar-refractivity contribution in [1.29, 1.82) is 0 Å². The third-order valence-corrected chi connectivity index (χ3v) is 2.71. The van der Waals surface area contributed by atoms with Crippen LogP contribution in [0.3, 0.4) is 0 Å². The van der Waals surface area contributed by atoms with Crippen LogP contribution >= 0.6 is 24.8 Å². The van der Waals surface area contributed by atoms with E-state index in [1.807, 2.05) is 0 Å². The first kappa shape index (κ1) is 13.5. The molecule has 0 amide bonds. The molecule has 80 valence electrons. The number of nitrogens with zero attached hydrogens (tertiary/aromatic N) is 2. The topological polar surface area (TPSA) is 18.5 Å². The largest absolute Gasteiger partial charge is 0.314 e. The zero-order valence-corrected chi connectivity index (χ0v) is 9.66. The second kappa shape index (κ2) is 6.04. The van der Waals surface area contributed by atoms with E-state index in [1.54, 1.807) is 0 Å². The van der Waals surface area contributed by atoms with E-state index in [0.717, 1.165) is 6.04 Å². The fourth-order valence-electron chi connectivity index (χ4n) is 1.94. The van der Waals surface area contributed by atoms with Crippen molar-refractivity contribution in [2.24, 2.45) is 0 Å². The molecule has 0 saturated carbocycles. The van der Waals surface area contributed by atoms with E-state index >= 15 is 0 Å². The van der Waals surface area contributed by atoms with E-state index in [2.05, 4.69) is 22.2 Å². The van der Waals surface area contributed by atoms with Crippen LogP contribution in [0.15, 0.2) is 0 Å². The number of likely N-dealkylation sites (tertiary alicyclic amines) is 1. The first-order valence-corrected chi connectivity index (χ1v) is 4.49. The summed E-state index contributed by atoms with van der Waals surface area (Å²) in [4.78, 5) is 4.99. The molecule has 3 nitrogen and oxygen atoms in total. The quantitative estimate of drug-likeness (QED) is 0.684. The normalized spacial score (nSPS) is 25.6. The van der Waals surface area contributed by atoms with Gasteiger partial charge < -0.3 is 10.2 Å². The van der Waals surface area contributed by atoms with Gasteiger partial charge in [0.2, 0.25) is 0 Å². The van der Waals surface area contributed by atoms with Gasteiger partial charge in [0.1, 0.15) is 0 Å². The number of rotatable bonds is 1. The second-order valence-electron chi connectivity index (χ2n) is 3.66.